The second-order valence-electron chi connectivity index (χ2n) is 7.27. The molecule has 0 bridgehead atoms. The summed E-state index contributed by atoms with van der Waals surface area (Å²) in [6, 6.07) is 25.1. The maximum absolute atomic E-state index is 12.6. The highest BCUT2D eigenvalue weighted by Gasteiger charge is 2.24. The van der Waals surface area contributed by atoms with Crippen LogP contribution in [0.15, 0.2) is 84.9 Å². The highest BCUT2D eigenvalue weighted by atomic mass is 32.2. The molecule has 0 aromatic heterocycles. The Balaban J connectivity index is 1.65. The predicted octanol–water partition coefficient (Wildman–Crippen LogP) is 3.25. The summed E-state index contributed by atoms with van der Waals surface area (Å²) < 4.78 is 24.9. The van der Waals surface area contributed by atoms with Gasteiger partial charge in [0.15, 0.2) is 9.84 Å². The molecule has 7 heteroatoms. The topological polar surface area (TPSA) is 92.3 Å². The molecule has 0 unspecified atom stereocenters. The van der Waals surface area contributed by atoms with Crippen LogP contribution < -0.4 is 10.6 Å². The molecule has 0 aliphatic carbocycles. The van der Waals surface area contributed by atoms with E-state index in [1.54, 1.807) is 12.1 Å². The SMILES string of the molecule is Cc1ccc(NC(=O)CS(=O)(=O)CC(=O)NC(c2ccccc2)c2ccccc2)cc1. The molecule has 3 aromatic rings. The average molecular weight is 437 g/mol. The van der Waals surface area contributed by atoms with Crippen LogP contribution >= 0.6 is 0 Å². The third kappa shape index (κ3) is 6.79. The fourth-order valence-electron chi connectivity index (χ4n) is 3.14. The molecule has 0 saturated carbocycles. The summed E-state index contributed by atoms with van der Waals surface area (Å²) >= 11 is 0. The van der Waals surface area contributed by atoms with Crippen molar-refractivity contribution in [3.05, 3.63) is 102 Å². The number of sulfone groups is 1. The van der Waals surface area contributed by atoms with Crippen molar-refractivity contribution in [2.75, 3.05) is 16.8 Å². The number of aryl methyl sites for hydroxylation is 1. The van der Waals surface area contributed by atoms with Gasteiger partial charge in [0.05, 0.1) is 6.04 Å². The molecule has 160 valence electrons. The van der Waals surface area contributed by atoms with Gasteiger partial charge in [-0.15, -0.1) is 0 Å². The van der Waals surface area contributed by atoms with Gasteiger partial charge in [0.1, 0.15) is 11.5 Å². The van der Waals surface area contributed by atoms with Crippen LogP contribution in [0.1, 0.15) is 22.7 Å². The van der Waals surface area contributed by atoms with Crippen molar-refractivity contribution in [3.63, 3.8) is 0 Å². The second-order valence-corrected chi connectivity index (χ2v) is 9.33. The molecule has 0 aliphatic heterocycles. The molecule has 0 spiro atoms. The van der Waals surface area contributed by atoms with Crippen molar-refractivity contribution in [1.29, 1.82) is 0 Å². The van der Waals surface area contributed by atoms with Gasteiger partial charge in [-0.25, -0.2) is 8.42 Å². The Morgan fingerprint density at radius 2 is 1.23 bits per heavy atom. The van der Waals surface area contributed by atoms with Crippen molar-refractivity contribution in [2.45, 2.75) is 13.0 Å². The van der Waals surface area contributed by atoms with Crippen molar-refractivity contribution >= 4 is 27.3 Å². The van der Waals surface area contributed by atoms with Gasteiger partial charge in [-0.3, -0.25) is 9.59 Å². The number of carbonyl (C=O) groups excluding carboxylic acids is 2. The van der Waals surface area contributed by atoms with E-state index in [1.165, 1.54) is 0 Å². The van der Waals surface area contributed by atoms with Gasteiger partial charge in [0.2, 0.25) is 11.8 Å². The summed E-state index contributed by atoms with van der Waals surface area (Å²) in [5.74, 6) is -2.89. The van der Waals surface area contributed by atoms with E-state index in [9.17, 15) is 18.0 Å². The molecule has 0 atom stereocenters. The molecule has 0 saturated heterocycles. The quantitative estimate of drug-likeness (QED) is 0.567. The van der Waals surface area contributed by atoms with E-state index in [4.69, 9.17) is 0 Å². The number of anilines is 1. The normalized spacial score (nSPS) is 11.2. The molecule has 2 amide bonds. The van der Waals surface area contributed by atoms with Crippen molar-refractivity contribution in [1.82, 2.24) is 5.32 Å². The van der Waals surface area contributed by atoms with Gasteiger partial charge < -0.3 is 10.6 Å². The minimum atomic E-state index is -3.94. The highest BCUT2D eigenvalue weighted by molar-refractivity contribution is 7.92. The van der Waals surface area contributed by atoms with E-state index in [2.05, 4.69) is 10.6 Å². The average Bonchev–Trinajstić information content (AvgIpc) is 2.74. The summed E-state index contributed by atoms with van der Waals surface area (Å²) in [6.07, 6.45) is 0. The van der Waals surface area contributed by atoms with E-state index < -0.39 is 39.2 Å². The summed E-state index contributed by atoms with van der Waals surface area (Å²) in [7, 11) is -3.94. The maximum atomic E-state index is 12.6. The van der Waals surface area contributed by atoms with Crippen LogP contribution in [-0.4, -0.2) is 31.7 Å². The minimum Gasteiger partial charge on any atom is -0.344 e. The standard InChI is InChI=1S/C24H24N2O4S/c1-18-12-14-21(15-13-18)25-22(27)16-31(29,30)17-23(28)26-24(19-8-4-2-5-9-19)20-10-6-3-7-11-20/h2-15,24H,16-17H2,1H3,(H,25,27)(H,26,28). The summed E-state index contributed by atoms with van der Waals surface area (Å²) in [5, 5.41) is 5.33. The molecule has 31 heavy (non-hydrogen) atoms. The van der Waals surface area contributed by atoms with Crippen molar-refractivity contribution in [2.24, 2.45) is 0 Å². The number of carbonyl (C=O) groups is 2. The first-order valence-electron chi connectivity index (χ1n) is 9.78. The lowest BCUT2D eigenvalue weighted by molar-refractivity contribution is -0.119. The summed E-state index contributed by atoms with van der Waals surface area (Å²) in [4.78, 5) is 24.7. The number of rotatable bonds is 8. The smallest absolute Gasteiger partial charge is 0.239 e. The highest BCUT2D eigenvalue weighted by Crippen LogP contribution is 2.21. The van der Waals surface area contributed by atoms with E-state index in [-0.39, 0.29) is 0 Å². The molecule has 0 aliphatic rings. The number of hydrogen-bond donors (Lipinski definition) is 2. The molecule has 3 rings (SSSR count). The Bertz CT molecular complexity index is 1090. The van der Waals surface area contributed by atoms with Crippen LogP contribution in [0.3, 0.4) is 0 Å². The molecule has 3 aromatic carbocycles. The number of nitrogens with one attached hydrogen (secondary N) is 2. The molecule has 0 heterocycles. The van der Waals surface area contributed by atoms with E-state index in [0.717, 1.165) is 16.7 Å². The molecular formula is C24H24N2O4S. The van der Waals surface area contributed by atoms with E-state index in [0.29, 0.717) is 5.69 Å². The van der Waals surface area contributed by atoms with Crippen molar-refractivity contribution < 1.29 is 18.0 Å². The third-order valence-corrected chi connectivity index (χ3v) is 6.01. The lowest BCUT2D eigenvalue weighted by Gasteiger charge is -2.20. The second kappa shape index (κ2) is 10.0. The maximum Gasteiger partial charge on any atom is 0.239 e. The Hall–Kier alpha value is -3.45. The first kappa shape index (κ1) is 22.2. The molecule has 2 N–H and O–H groups in total. The molecular weight excluding hydrogens is 412 g/mol. The van der Waals surface area contributed by atoms with Gasteiger partial charge in [-0.05, 0) is 30.2 Å². The Morgan fingerprint density at radius 1 is 0.742 bits per heavy atom. The zero-order chi connectivity index (χ0) is 22.3. The Labute approximate surface area is 182 Å². The van der Waals surface area contributed by atoms with Gasteiger partial charge >= 0.3 is 0 Å². The van der Waals surface area contributed by atoms with Crippen LogP contribution in [0.4, 0.5) is 5.69 Å². The van der Waals surface area contributed by atoms with Gasteiger partial charge in [-0.1, -0.05) is 78.4 Å². The van der Waals surface area contributed by atoms with Crippen LogP contribution in [0, 0.1) is 6.92 Å². The van der Waals surface area contributed by atoms with Crippen LogP contribution in [0.25, 0.3) is 0 Å². The lowest BCUT2D eigenvalue weighted by Crippen LogP contribution is -2.36. The largest absolute Gasteiger partial charge is 0.344 e. The zero-order valence-corrected chi connectivity index (χ0v) is 17.9. The molecule has 0 radical (unpaired) electrons. The van der Waals surface area contributed by atoms with E-state index >= 15 is 0 Å². The first-order valence-corrected chi connectivity index (χ1v) is 11.6. The monoisotopic (exact) mass is 436 g/mol. The van der Waals surface area contributed by atoms with Crippen LogP contribution in [0.2, 0.25) is 0 Å². The fourth-order valence-corrected chi connectivity index (χ4v) is 4.19. The van der Waals surface area contributed by atoms with E-state index in [1.807, 2.05) is 79.7 Å². The Morgan fingerprint density at radius 3 is 1.74 bits per heavy atom. The number of benzene rings is 3. The number of hydrogen-bond acceptors (Lipinski definition) is 4. The third-order valence-electron chi connectivity index (χ3n) is 4.61. The minimum absolute atomic E-state index is 0.494. The predicted molar refractivity (Wildman–Crippen MR) is 121 cm³/mol. The number of amides is 2. The van der Waals surface area contributed by atoms with Gasteiger partial charge in [0, 0.05) is 5.69 Å². The molecule has 6 nitrogen and oxygen atoms in total. The van der Waals surface area contributed by atoms with Gasteiger partial charge in [-0.2, -0.15) is 0 Å². The summed E-state index contributed by atoms with van der Waals surface area (Å²) in [5.41, 5.74) is 3.19. The zero-order valence-electron chi connectivity index (χ0n) is 17.1. The van der Waals surface area contributed by atoms with Crippen molar-refractivity contribution in [3.8, 4) is 0 Å². The van der Waals surface area contributed by atoms with Gasteiger partial charge in [0.25, 0.3) is 0 Å². The van der Waals surface area contributed by atoms with Crippen LogP contribution in [-0.2, 0) is 19.4 Å². The molecule has 0 fully saturated rings. The van der Waals surface area contributed by atoms with Crippen LogP contribution in [0.5, 0.6) is 0 Å². The fraction of sp³-hybridized carbons (Fsp3) is 0.167. The Kier molecular flexibility index (Phi) is 7.20. The first-order chi connectivity index (χ1) is 14.8. The lowest BCUT2D eigenvalue weighted by atomic mass is 9.99. The summed E-state index contributed by atoms with van der Waals surface area (Å²) in [6.45, 7) is 1.91.